The van der Waals surface area contributed by atoms with Crippen molar-refractivity contribution in [1.82, 2.24) is 9.97 Å². The zero-order chi connectivity index (χ0) is 18.7. The van der Waals surface area contributed by atoms with E-state index in [1.807, 2.05) is 13.0 Å². The van der Waals surface area contributed by atoms with E-state index in [1.165, 1.54) is 12.1 Å². The summed E-state index contributed by atoms with van der Waals surface area (Å²) in [5.74, 6) is 0.254. The molecule has 0 spiro atoms. The molecule has 1 aliphatic rings. The molecule has 1 saturated heterocycles. The van der Waals surface area contributed by atoms with Gasteiger partial charge in [-0.25, -0.2) is 9.97 Å². The molecule has 136 valence electrons. The predicted molar refractivity (Wildman–Crippen MR) is 96.1 cm³/mol. The third kappa shape index (κ3) is 3.79. The molecular formula is C18H20N4O4. The lowest BCUT2D eigenvalue weighted by Gasteiger charge is -2.31. The molecule has 8 nitrogen and oxygen atoms in total. The molecule has 8 heteroatoms. The second-order valence-electron chi connectivity index (χ2n) is 6.30. The smallest absolute Gasteiger partial charge is 0.306 e. The van der Waals surface area contributed by atoms with Crippen molar-refractivity contribution in [2.45, 2.75) is 26.2 Å². The Balaban J connectivity index is 1.87. The van der Waals surface area contributed by atoms with Gasteiger partial charge in [-0.05, 0) is 31.4 Å². The summed E-state index contributed by atoms with van der Waals surface area (Å²) in [6.45, 7) is 3.27. The van der Waals surface area contributed by atoms with E-state index in [2.05, 4.69) is 14.9 Å². The topological polar surface area (TPSA) is 109 Å². The van der Waals surface area contributed by atoms with Gasteiger partial charge in [-0.15, -0.1) is 0 Å². The number of nitrogens with zero attached hydrogens (tertiary/aromatic N) is 4. The van der Waals surface area contributed by atoms with Crippen LogP contribution in [0.2, 0.25) is 0 Å². The molecule has 0 bridgehead atoms. The first-order valence-electron chi connectivity index (χ1n) is 8.58. The lowest BCUT2D eigenvalue weighted by molar-refractivity contribution is -0.384. The molecule has 0 unspecified atom stereocenters. The summed E-state index contributed by atoms with van der Waals surface area (Å²) in [6, 6.07) is 8.10. The van der Waals surface area contributed by atoms with E-state index in [0.29, 0.717) is 37.3 Å². The lowest BCUT2D eigenvalue weighted by atomic mass is 9.97. The Morgan fingerprint density at radius 2 is 1.92 bits per heavy atom. The number of non-ortho nitro benzene ring substituents is 1. The van der Waals surface area contributed by atoms with Crippen molar-refractivity contribution in [3.05, 3.63) is 46.1 Å². The third-order valence-corrected chi connectivity index (χ3v) is 4.63. The van der Waals surface area contributed by atoms with Crippen molar-refractivity contribution in [1.29, 1.82) is 0 Å². The summed E-state index contributed by atoms with van der Waals surface area (Å²) in [4.78, 5) is 32.7. The molecular weight excluding hydrogens is 336 g/mol. The Hall–Kier alpha value is -3.03. The van der Waals surface area contributed by atoms with Crippen LogP contribution in [0.3, 0.4) is 0 Å². The number of hydrogen-bond acceptors (Lipinski definition) is 6. The van der Waals surface area contributed by atoms with Crippen molar-refractivity contribution in [3.63, 3.8) is 0 Å². The standard InChI is InChI=1S/C18H20N4O4/c1-2-14-11-16(21-9-7-13(8-10-21)18(23)24)20-17(19-14)12-3-5-15(6-4-12)22(25)26/h3-6,11,13H,2,7-10H2,1H3,(H,23,24). The zero-order valence-corrected chi connectivity index (χ0v) is 14.5. The van der Waals surface area contributed by atoms with E-state index >= 15 is 0 Å². The van der Waals surface area contributed by atoms with E-state index in [1.54, 1.807) is 12.1 Å². The molecule has 0 aliphatic carbocycles. The Kier molecular flexibility index (Phi) is 5.11. The van der Waals surface area contributed by atoms with E-state index in [0.717, 1.165) is 17.9 Å². The highest BCUT2D eigenvalue weighted by atomic mass is 16.6. The molecule has 26 heavy (non-hydrogen) atoms. The molecule has 2 heterocycles. The number of aliphatic carboxylic acids is 1. The van der Waals surface area contributed by atoms with Crippen LogP contribution in [0.15, 0.2) is 30.3 Å². The number of carbonyl (C=O) groups is 1. The minimum atomic E-state index is -0.742. The van der Waals surface area contributed by atoms with Gasteiger partial charge < -0.3 is 10.0 Å². The first-order valence-corrected chi connectivity index (χ1v) is 8.58. The zero-order valence-electron chi connectivity index (χ0n) is 14.5. The minimum Gasteiger partial charge on any atom is -0.481 e. The van der Waals surface area contributed by atoms with Gasteiger partial charge in [0.1, 0.15) is 5.82 Å². The van der Waals surface area contributed by atoms with Gasteiger partial charge in [-0.2, -0.15) is 0 Å². The van der Waals surface area contributed by atoms with Crippen LogP contribution in [0.25, 0.3) is 11.4 Å². The van der Waals surface area contributed by atoms with Crippen LogP contribution in [0.5, 0.6) is 0 Å². The number of piperidine rings is 1. The predicted octanol–water partition coefficient (Wildman–Crippen LogP) is 2.92. The van der Waals surface area contributed by atoms with Crippen LogP contribution in [0.4, 0.5) is 11.5 Å². The second-order valence-corrected chi connectivity index (χ2v) is 6.30. The fourth-order valence-corrected chi connectivity index (χ4v) is 3.04. The van der Waals surface area contributed by atoms with Crippen molar-refractivity contribution < 1.29 is 14.8 Å². The Morgan fingerprint density at radius 1 is 1.27 bits per heavy atom. The minimum absolute atomic E-state index is 0.0244. The van der Waals surface area contributed by atoms with Crippen LogP contribution in [0, 0.1) is 16.0 Å². The number of carboxylic acid groups (broad SMARTS) is 1. The molecule has 0 saturated carbocycles. The maximum Gasteiger partial charge on any atom is 0.306 e. The maximum absolute atomic E-state index is 11.1. The third-order valence-electron chi connectivity index (χ3n) is 4.63. The highest BCUT2D eigenvalue weighted by molar-refractivity contribution is 5.70. The Labute approximate surface area is 150 Å². The maximum atomic E-state index is 11.1. The molecule has 1 aliphatic heterocycles. The summed E-state index contributed by atoms with van der Waals surface area (Å²) in [6.07, 6.45) is 1.92. The number of hydrogen-bond donors (Lipinski definition) is 1. The van der Waals surface area contributed by atoms with Crippen LogP contribution < -0.4 is 4.90 Å². The summed E-state index contributed by atoms with van der Waals surface area (Å²) in [5, 5.41) is 19.9. The monoisotopic (exact) mass is 356 g/mol. The Morgan fingerprint density at radius 3 is 2.46 bits per heavy atom. The SMILES string of the molecule is CCc1cc(N2CCC(C(=O)O)CC2)nc(-c2ccc([N+](=O)[O-])cc2)n1. The molecule has 2 aromatic rings. The molecule has 0 radical (unpaired) electrons. The normalized spacial score (nSPS) is 15.0. The van der Waals surface area contributed by atoms with Gasteiger partial charge in [-0.1, -0.05) is 6.92 Å². The second kappa shape index (κ2) is 7.47. The fraction of sp³-hybridized carbons (Fsp3) is 0.389. The van der Waals surface area contributed by atoms with Gasteiger partial charge in [0.2, 0.25) is 0 Å². The molecule has 1 N–H and O–H groups in total. The van der Waals surface area contributed by atoms with E-state index < -0.39 is 10.9 Å². The van der Waals surface area contributed by atoms with Crippen LogP contribution in [0.1, 0.15) is 25.5 Å². The van der Waals surface area contributed by atoms with Gasteiger partial charge in [0.25, 0.3) is 5.69 Å². The van der Waals surface area contributed by atoms with Crippen LogP contribution >= 0.6 is 0 Å². The number of nitro benzene ring substituents is 1. The van der Waals surface area contributed by atoms with Crippen LogP contribution in [-0.4, -0.2) is 39.1 Å². The van der Waals surface area contributed by atoms with Crippen LogP contribution in [-0.2, 0) is 11.2 Å². The molecule has 3 rings (SSSR count). The number of aryl methyl sites for hydroxylation is 1. The van der Waals surface area contributed by atoms with Gasteiger partial charge in [0.05, 0.1) is 10.8 Å². The molecule has 1 aromatic heterocycles. The number of nitro groups is 1. The summed E-state index contributed by atoms with van der Waals surface area (Å²) in [7, 11) is 0. The summed E-state index contributed by atoms with van der Waals surface area (Å²) >= 11 is 0. The average molecular weight is 356 g/mol. The fourth-order valence-electron chi connectivity index (χ4n) is 3.04. The molecule has 0 amide bonds. The highest BCUT2D eigenvalue weighted by Crippen LogP contribution is 2.26. The van der Waals surface area contributed by atoms with Crippen molar-refractivity contribution in [3.8, 4) is 11.4 Å². The number of rotatable bonds is 5. The largest absolute Gasteiger partial charge is 0.481 e. The first-order chi connectivity index (χ1) is 12.5. The van der Waals surface area contributed by atoms with Crippen molar-refractivity contribution in [2.75, 3.05) is 18.0 Å². The number of carboxylic acids is 1. The quantitative estimate of drug-likeness (QED) is 0.648. The van der Waals surface area contributed by atoms with Gasteiger partial charge in [-0.3, -0.25) is 14.9 Å². The summed E-state index contributed by atoms with van der Waals surface area (Å²) < 4.78 is 0. The Bertz CT molecular complexity index is 814. The van der Waals surface area contributed by atoms with Crippen molar-refractivity contribution >= 4 is 17.5 Å². The van der Waals surface area contributed by atoms with E-state index in [9.17, 15) is 14.9 Å². The van der Waals surface area contributed by atoms with E-state index in [-0.39, 0.29) is 11.6 Å². The number of benzene rings is 1. The average Bonchev–Trinajstić information content (AvgIpc) is 2.67. The number of aromatic nitrogens is 2. The van der Waals surface area contributed by atoms with Crippen molar-refractivity contribution in [2.24, 2.45) is 5.92 Å². The molecule has 1 aromatic carbocycles. The van der Waals surface area contributed by atoms with E-state index in [4.69, 9.17) is 5.11 Å². The number of anilines is 1. The first kappa shape index (κ1) is 17.8. The summed E-state index contributed by atoms with van der Waals surface area (Å²) in [5.41, 5.74) is 1.62. The molecule has 0 atom stereocenters. The van der Waals surface area contributed by atoms with Gasteiger partial charge >= 0.3 is 5.97 Å². The highest BCUT2D eigenvalue weighted by Gasteiger charge is 2.25. The van der Waals surface area contributed by atoms with Gasteiger partial charge in [0, 0.05) is 42.5 Å². The van der Waals surface area contributed by atoms with Gasteiger partial charge in [0.15, 0.2) is 5.82 Å². The lowest BCUT2D eigenvalue weighted by Crippen LogP contribution is -2.37. The molecule has 1 fully saturated rings.